The van der Waals surface area contributed by atoms with E-state index in [1.54, 1.807) is 29.3 Å². The molecule has 1 aliphatic rings. The van der Waals surface area contributed by atoms with E-state index >= 15 is 0 Å². The quantitative estimate of drug-likeness (QED) is 0.850. The fraction of sp³-hybridized carbons (Fsp3) is 0.143. The van der Waals surface area contributed by atoms with Crippen LogP contribution in [0.1, 0.15) is 13.3 Å². The van der Waals surface area contributed by atoms with Gasteiger partial charge in [-0.1, -0.05) is 18.5 Å². The molecule has 0 amide bonds. The standard InChI is InChI=1S/C14H12ClN3O2S/c1-2-13-17-21(19,20)12-4-3-9-16-14(12)18(13)11-7-5-10(15)6-8-11/h3-9H,2H2,1H3. The van der Waals surface area contributed by atoms with Crippen LogP contribution in [0.25, 0.3) is 0 Å². The van der Waals surface area contributed by atoms with E-state index in [2.05, 4.69) is 9.38 Å². The molecule has 5 nitrogen and oxygen atoms in total. The highest BCUT2D eigenvalue weighted by Gasteiger charge is 2.31. The maximum atomic E-state index is 12.2. The normalized spacial score (nSPS) is 16.3. The number of fused-ring (bicyclic) bond motifs is 1. The number of nitrogens with zero attached hydrogens (tertiary/aromatic N) is 3. The first kappa shape index (κ1) is 14.0. The van der Waals surface area contributed by atoms with Gasteiger partial charge in [0.25, 0.3) is 10.0 Å². The molecule has 0 spiro atoms. The molecule has 0 atom stereocenters. The minimum absolute atomic E-state index is 0.108. The SMILES string of the molecule is CCC1=NS(=O)(=O)c2cccnc2N1c1ccc(Cl)cc1. The number of sulfonamides is 1. The average Bonchev–Trinajstić information content (AvgIpc) is 2.48. The van der Waals surface area contributed by atoms with Crippen LogP contribution in [0.2, 0.25) is 5.02 Å². The van der Waals surface area contributed by atoms with Gasteiger partial charge in [-0.3, -0.25) is 4.90 Å². The molecule has 0 saturated carbocycles. The van der Waals surface area contributed by atoms with Crippen LogP contribution in [0.15, 0.2) is 51.9 Å². The zero-order valence-electron chi connectivity index (χ0n) is 11.2. The summed E-state index contributed by atoms with van der Waals surface area (Å²) in [6.07, 6.45) is 2.04. The minimum Gasteiger partial charge on any atom is -0.281 e. The van der Waals surface area contributed by atoms with Gasteiger partial charge in [0.05, 0.1) is 0 Å². The van der Waals surface area contributed by atoms with Gasteiger partial charge in [0.15, 0.2) is 5.82 Å². The Bertz CT molecular complexity index is 816. The molecule has 0 bridgehead atoms. The van der Waals surface area contributed by atoms with Crippen molar-refractivity contribution < 1.29 is 8.42 Å². The predicted molar refractivity (Wildman–Crippen MR) is 82.7 cm³/mol. The van der Waals surface area contributed by atoms with Crippen molar-refractivity contribution in [2.75, 3.05) is 4.90 Å². The molecule has 3 rings (SSSR count). The second-order valence-corrected chi connectivity index (χ2v) is 6.48. The van der Waals surface area contributed by atoms with E-state index in [-0.39, 0.29) is 4.90 Å². The van der Waals surface area contributed by atoms with Crippen molar-refractivity contribution in [2.45, 2.75) is 18.2 Å². The van der Waals surface area contributed by atoms with Gasteiger partial charge in [0.2, 0.25) is 0 Å². The van der Waals surface area contributed by atoms with Gasteiger partial charge in [-0.25, -0.2) is 4.98 Å². The molecule has 1 aromatic heterocycles. The Morgan fingerprint density at radius 2 is 1.90 bits per heavy atom. The number of halogens is 1. The second-order valence-electron chi connectivity index (χ2n) is 4.47. The van der Waals surface area contributed by atoms with Crippen molar-refractivity contribution in [3.63, 3.8) is 0 Å². The van der Waals surface area contributed by atoms with Crippen LogP contribution in [0.4, 0.5) is 11.5 Å². The highest BCUT2D eigenvalue weighted by Crippen LogP contribution is 2.35. The van der Waals surface area contributed by atoms with Crippen LogP contribution >= 0.6 is 11.6 Å². The van der Waals surface area contributed by atoms with Gasteiger partial charge >= 0.3 is 0 Å². The number of pyridine rings is 1. The Kier molecular flexibility index (Phi) is 3.43. The lowest BCUT2D eigenvalue weighted by atomic mass is 10.2. The molecule has 0 radical (unpaired) electrons. The van der Waals surface area contributed by atoms with E-state index < -0.39 is 10.0 Å². The van der Waals surface area contributed by atoms with Crippen molar-refractivity contribution in [2.24, 2.45) is 4.40 Å². The van der Waals surface area contributed by atoms with E-state index in [1.807, 2.05) is 19.1 Å². The van der Waals surface area contributed by atoms with Gasteiger partial charge in [-0.2, -0.15) is 8.42 Å². The van der Waals surface area contributed by atoms with Crippen LogP contribution in [-0.4, -0.2) is 19.2 Å². The zero-order chi connectivity index (χ0) is 15.0. The zero-order valence-corrected chi connectivity index (χ0v) is 12.8. The number of rotatable bonds is 2. The third-order valence-electron chi connectivity index (χ3n) is 3.13. The number of amidine groups is 1. The summed E-state index contributed by atoms with van der Waals surface area (Å²) in [5, 5.41) is 0.611. The molecule has 1 aromatic carbocycles. The lowest BCUT2D eigenvalue weighted by Crippen LogP contribution is -2.32. The van der Waals surface area contributed by atoms with Gasteiger partial charge in [-0.15, -0.1) is 4.40 Å². The fourth-order valence-corrected chi connectivity index (χ4v) is 3.52. The molecule has 2 heterocycles. The lowest BCUT2D eigenvalue weighted by molar-refractivity contribution is 0.596. The molecule has 108 valence electrons. The topological polar surface area (TPSA) is 62.6 Å². The first-order valence-corrected chi connectivity index (χ1v) is 8.19. The largest absolute Gasteiger partial charge is 0.287 e. The van der Waals surface area contributed by atoms with E-state index in [0.29, 0.717) is 23.1 Å². The number of aromatic nitrogens is 1. The van der Waals surface area contributed by atoms with Gasteiger partial charge < -0.3 is 0 Å². The molecule has 0 unspecified atom stereocenters. The third-order valence-corrected chi connectivity index (χ3v) is 4.70. The molecule has 21 heavy (non-hydrogen) atoms. The molecule has 7 heteroatoms. The number of hydrogen-bond acceptors (Lipinski definition) is 4. The number of hydrogen-bond donors (Lipinski definition) is 0. The highest BCUT2D eigenvalue weighted by atomic mass is 35.5. The summed E-state index contributed by atoms with van der Waals surface area (Å²) in [6, 6.07) is 10.2. The minimum atomic E-state index is -3.69. The van der Waals surface area contributed by atoms with Crippen molar-refractivity contribution in [3.8, 4) is 0 Å². The van der Waals surface area contributed by atoms with Crippen LogP contribution in [0.3, 0.4) is 0 Å². The maximum absolute atomic E-state index is 12.2. The fourth-order valence-electron chi connectivity index (χ4n) is 2.19. The maximum Gasteiger partial charge on any atom is 0.287 e. The lowest BCUT2D eigenvalue weighted by Gasteiger charge is -2.29. The van der Waals surface area contributed by atoms with Crippen LogP contribution in [0.5, 0.6) is 0 Å². The summed E-state index contributed by atoms with van der Waals surface area (Å²) in [6.45, 7) is 1.85. The van der Waals surface area contributed by atoms with Crippen LogP contribution in [0, 0.1) is 0 Å². The smallest absolute Gasteiger partial charge is 0.281 e. The van der Waals surface area contributed by atoms with Crippen LogP contribution in [-0.2, 0) is 10.0 Å². The predicted octanol–water partition coefficient (Wildman–Crippen LogP) is 3.38. The van der Waals surface area contributed by atoms with E-state index in [1.165, 1.54) is 6.07 Å². The monoisotopic (exact) mass is 321 g/mol. The summed E-state index contributed by atoms with van der Waals surface area (Å²) in [5.41, 5.74) is 0.773. The van der Waals surface area contributed by atoms with Gasteiger partial charge in [0, 0.05) is 23.3 Å². The van der Waals surface area contributed by atoms with E-state index in [4.69, 9.17) is 11.6 Å². The molecule has 2 aromatic rings. The van der Waals surface area contributed by atoms with Crippen molar-refractivity contribution in [1.82, 2.24) is 4.98 Å². The molecule has 0 saturated heterocycles. The van der Waals surface area contributed by atoms with Crippen molar-refractivity contribution >= 4 is 39.0 Å². The molecular formula is C14H12ClN3O2S. The third kappa shape index (κ3) is 2.41. The van der Waals surface area contributed by atoms with Crippen LogP contribution < -0.4 is 4.90 Å². The van der Waals surface area contributed by atoms with Crippen molar-refractivity contribution in [3.05, 3.63) is 47.6 Å². The van der Waals surface area contributed by atoms with Gasteiger partial charge in [-0.05, 0) is 36.4 Å². The van der Waals surface area contributed by atoms with E-state index in [9.17, 15) is 8.42 Å². The first-order valence-electron chi connectivity index (χ1n) is 6.37. The van der Waals surface area contributed by atoms with E-state index in [0.717, 1.165) is 5.69 Å². The summed E-state index contributed by atoms with van der Waals surface area (Å²) < 4.78 is 28.3. The highest BCUT2D eigenvalue weighted by molar-refractivity contribution is 7.90. The average molecular weight is 322 g/mol. The molecule has 0 aliphatic carbocycles. The van der Waals surface area contributed by atoms with Gasteiger partial charge in [0.1, 0.15) is 10.7 Å². The Morgan fingerprint density at radius 3 is 2.57 bits per heavy atom. The summed E-state index contributed by atoms with van der Waals surface area (Å²) in [4.78, 5) is 6.08. The second kappa shape index (κ2) is 5.13. The summed E-state index contributed by atoms with van der Waals surface area (Å²) >= 11 is 5.91. The Balaban J connectivity index is 2.25. The number of benzene rings is 1. The molecule has 1 aliphatic heterocycles. The summed E-state index contributed by atoms with van der Waals surface area (Å²) in [7, 11) is -3.69. The molecular weight excluding hydrogens is 310 g/mol. The number of anilines is 2. The Morgan fingerprint density at radius 1 is 1.19 bits per heavy atom. The molecule has 0 fully saturated rings. The van der Waals surface area contributed by atoms with Crippen molar-refractivity contribution in [1.29, 1.82) is 0 Å². The summed E-state index contributed by atoms with van der Waals surface area (Å²) in [5.74, 6) is 0.801. The molecule has 0 N–H and O–H groups in total. The Labute approximate surface area is 128 Å². The first-order chi connectivity index (χ1) is 10.0. The Hall–Kier alpha value is -1.92.